The summed E-state index contributed by atoms with van der Waals surface area (Å²) in [4.78, 5) is 16.3. The summed E-state index contributed by atoms with van der Waals surface area (Å²) in [6.45, 7) is 2.32. The van der Waals surface area contributed by atoms with Crippen molar-refractivity contribution in [2.24, 2.45) is 0 Å². The number of benzene rings is 2. The molecule has 0 fully saturated rings. The van der Waals surface area contributed by atoms with Gasteiger partial charge in [-0.2, -0.15) is 4.98 Å². The lowest BCUT2D eigenvalue weighted by Crippen LogP contribution is -2.20. The molecule has 0 spiro atoms. The van der Waals surface area contributed by atoms with Crippen molar-refractivity contribution in [3.05, 3.63) is 60.5 Å². The molecule has 7 nitrogen and oxygen atoms in total. The van der Waals surface area contributed by atoms with Crippen LogP contribution in [-0.2, 0) is 9.53 Å². The number of rotatable bonds is 8. The van der Waals surface area contributed by atoms with Crippen molar-refractivity contribution < 1.29 is 18.8 Å². The smallest absolute Gasteiger partial charge is 0.250 e. The van der Waals surface area contributed by atoms with Crippen molar-refractivity contribution in [1.82, 2.24) is 10.1 Å². The van der Waals surface area contributed by atoms with E-state index in [9.17, 15) is 4.79 Å². The molecule has 2 aromatic carbocycles. The number of hydrogen-bond donors (Lipinski definition) is 1. The Kier molecular flexibility index (Phi) is 5.95. The number of amides is 1. The molecule has 0 bridgehead atoms. The zero-order valence-corrected chi connectivity index (χ0v) is 14.3. The zero-order chi connectivity index (χ0) is 18.2. The highest BCUT2D eigenvalue weighted by Gasteiger charge is 2.12. The lowest BCUT2D eigenvalue weighted by Gasteiger charge is -2.09. The number of anilines is 1. The summed E-state index contributed by atoms with van der Waals surface area (Å²) >= 11 is 0. The maximum absolute atomic E-state index is 12.1. The number of carbonyl (C=O) groups is 1. The second-order valence-electron chi connectivity index (χ2n) is 5.44. The quantitative estimate of drug-likeness (QED) is 0.626. The Morgan fingerprint density at radius 3 is 2.62 bits per heavy atom. The van der Waals surface area contributed by atoms with Gasteiger partial charge >= 0.3 is 0 Å². The number of aryl methyl sites for hydroxylation is 1. The van der Waals surface area contributed by atoms with Crippen LogP contribution in [0.2, 0.25) is 0 Å². The van der Waals surface area contributed by atoms with Gasteiger partial charge in [-0.1, -0.05) is 35.5 Å². The van der Waals surface area contributed by atoms with Gasteiger partial charge in [-0.05, 0) is 24.3 Å². The molecule has 7 heteroatoms. The van der Waals surface area contributed by atoms with Gasteiger partial charge in [0.05, 0.1) is 12.3 Å². The average molecular weight is 353 g/mol. The minimum atomic E-state index is -0.266. The van der Waals surface area contributed by atoms with Crippen LogP contribution in [0.4, 0.5) is 5.69 Å². The number of hydrogen-bond acceptors (Lipinski definition) is 6. The summed E-state index contributed by atoms with van der Waals surface area (Å²) in [7, 11) is 0. The van der Waals surface area contributed by atoms with E-state index in [0.29, 0.717) is 36.2 Å². The fraction of sp³-hybridized carbons (Fsp3) is 0.211. The minimum Gasteiger partial charge on any atom is -0.491 e. The number of carbonyl (C=O) groups excluding carboxylic acids is 1. The Morgan fingerprint density at radius 2 is 1.85 bits per heavy atom. The highest BCUT2D eigenvalue weighted by molar-refractivity contribution is 5.95. The van der Waals surface area contributed by atoms with Crippen molar-refractivity contribution in [1.29, 1.82) is 0 Å². The zero-order valence-electron chi connectivity index (χ0n) is 14.3. The van der Waals surface area contributed by atoms with Crippen LogP contribution >= 0.6 is 0 Å². The Morgan fingerprint density at radius 1 is 1.08 bits per heavy atom. The number of ether oxygens (including phenoxy) is 2. The Labute approximate surface area is 150 Å². The number of para-hydroxylation sites is 2. The Bertz CT molecular complexity index is 849. The van der Waals surface area contributed by atoms with Gasteiger partial charge in [0.2, 0.25) is 17.6 Å². The molecular formula is C19H19N3O4. The Hall–Kier alpha value is -3.19. The first-order valence-electron chi connectivity index (χ1n) is 8.17. The minimum absolute atomic E-state index is 0.0717. The molecule has 0 saturated heterocycles. The molecule has 3 aromatic rings. The summed E-state index contributed by atoms with van der Waals surface area (Å²) < 4.78 is 15.8. The average Bonchev–Trinajstić information content (AvgIpc) is 3.09. The summed E-state index contributed by atoms with van der Waals surface area (Å²) in [6, 6.07) is 16.7. The van der Waals surface area contributed by atoms with E-state index >= 15 is 0 Å². The molecule has 0 aliphatic rings. The third-order valence-corrected chi connectivity index (χ3v) is 3.44. The molecule has 1 amide bonds. The summed E-state index contributed by atoms with van der Waals surface area (Å²) in [6.07, 6.45) is 0. The van der Waals surface area contributed by atoms with Crippen LogP contribution in [0.5, 0.6) is 5.75 Å². The monoisotopic (exact) mass is 353 g/mol. The number of aromatic nitrogens is 2. The van der Waals surface area contributed by atoms with Crippen LogP contribution in [-0.4, -0.2) is 35.9 Å². The van der Waals surface area contributed by atoms with E-state index in [1.807, 2.05) is 48.5 Å². The molecule has 3 rings (SSSR count). The highest BCUT2D eigenvalue weighted by Crippen LogP contribution is 2.25. The van der Waals surface area contributed by atoms with Gasteiger partial charge in [0, 0.05) is 12.5 Å². The molecule has 0 saturated carbocycles. The first-order valence-corrected chi connectivity index (χ1v) is 8.17. The Balaban J connectivity index is 1.46. The van der Waals surface area contributed by atoms with E-state index in [1.54, 1.807) is 13.0 Å². The van der Waals surface area contributed by atoms with Crippen molar-refractivity contribution >= 4 is 11.6 Å². The van der Waals surface area contributed by atoms with E-state index < -0.39 is 0 Å². The van der Waals surface area contributed by atoms with Crippen LogP contribution in [0.1, 0.15) is 5.89 Å². The molecule has 0 unspecified atom stereocenters. The van der Waals surface area contributed by atoms with E-state index in [0.717, 1.165) is 5.75 Å². The fourth-order valence-corrected chi connectivity index (χ4v) is 2.28. The predicted octanol–water partition coefficient (Wildman–Crippen LogP) is 3.08. The molecule has 0 aliphatic carbocycles. The van der Waals surface area contributed by atoms with Gasteiger partial charge in [-0.25, -0.2) is 0 Å². The second-order valence-corrected chi connectivity index (χ2v) is 5.44. The van der Waals surface area contributed by atoms with E-state index in [-0.39, 0.29) is 12.5 Å². The lowest BCUT2D eigenvalue weighted by atomic mass is 10.1. The molecule has 1 N–H and O–H groups in total. The van der Waals surface area contributed by atoms with Gasteiger partial charge in [-0.3, -0.25) is 4.79 Å². The standard InChI is InChI=1S/C19H19N3O4/c1-14-20-19(22-26-14)16-9-5-6-10-17(16)21-18(23)13-24-11-12-25-15-7-3-2-4-8-15/h2-10H,11-13H2,1H3,(H,21,23). The van der Waals surface area contributed by atoms with Crippen LogP contribution in [0, 0.1) is 6.92 Å². The van der Waals surface area contributed by atoms with Crippen molar-refractivity contribution in [3.8, 4) is 17.1 Å². The SMILES string of the molecule is Cc1nc(-c2ccccc2NC(=O)COCCOc2ccccc2)no1. The molecule has 0 radical (unpaired) electrons. The van der Waals surface area contributed by atoms with Gasteiger partial charge < -0.3 is 19.3 Å². The normalized spacial score (nSPS) is 10.5. The van der Waals surface area contributed by atoms with Gasteiger partial charge in [-0.15, -0.1) is 0 Å². The fourth-order valence-electron chi connectivity index (χ4n) is 2.28. The predicted molar refractivity (Wildman–Crippen MR) is 95.9 cm³/mol. The molecular weight excluding hydrogens is 334 g/mol. The summed E-state index contributed by atoms with van der Waals surface area (Å²) in [5.41, 5.74) is 1.28. The lowest BCUT2D eigenvalue weighted by molar-refractivity contribution is -0.120. The van der Waals surface area contributed by atoms with Crippen molar-refractivity contribution in [2.75, 3.05) is 25.1 Å². The number of nitrogens with zero attached hydrogens (tertiary/aromatic N) is 2. The van der Waals surface area contributed by atoms with Crippen LogP contribution < -0.4 is 10.1 Å². The molecule has 0 aliphatic heterocycles. The summed E-state index contributed by atoms with van der Waals surface area (Å²) in [5.74, 6) is 1.39. The molecule has 0 atom stereocenters. The maximum atomic E-state index is 12.1. The maximum Gasteiger partial charge on any atom is 0.250 e. The van der Waals surface area contributed by atoms with Gasteiger partial charge in [0.15, 0.2) is 0 Å². The van der Waals surface area contributed by atoms with E-state index in [4.69, 9.17) is 14.0 Å². The second kappa shape index (κ2) is 8.77. The molecule has 1 heterocycles. The van der Waals surface area contributed by atoms with Crippen LogP contribution in [0.3, 0.4) is 0 Å². The first kappa shape index (κ1) is 17.6. The molecule has 134 valence electrons. The number of nitrogens with one attached hydrogen (secondary N) is 1. The van der Waals surface area contributed by atoms with E-state index in [1.165, 1.54) is 0 Å². The van der Waals surface area contributed by atoms with Gasteiger partial charge in [0.25, 0.3) is 0 Å². The largest absolute Gasteiger partial charge is 0.491 e. The third-order valence-electron chi connectivity index (χ3n) is 3.44. The third kappa shape index (κ3) is 4.90. The van der Waals surface area contributed by atoms with Gasteiger partial charge in [0.1, 0.15) is 19.0 Å². The van der Waals surface area contributed by atoms with Crippen LogP contribution in [0.15, 0.2) is 59.1 Å². The first-order chi connectivity index (χ1) is 12.7. The molecule has 26 heavy (non-hydrogen) atoms. The van der Waals surface area contributed by atoms with Crippen LogP contribution in [0.25, 0.3) is 11.4 Å². The van der Waals surface area contributed by atoms with Crippen molar-refractivity contribution in [2.45, 2.75) is 6.92 Å². The highest BCUT2D eigenvalue weighted by atomic mass is 16.5. The van der Waals surface area contributed by atoms with Crippen molar-refractivity contribution in [3.63, 3.8) is 0 Å². The topological polar surface area (TPSA) is 86.5 Å². The van der Waals surface area contributed by atoms with E-state index in [2.05, 4.69) is 15.5 Å². The molecule has 1 aromatic heterocycles. The summed E-state index contributed by atoms with van der Waals surface area (Å²) in [5, 5.41) is 6.68.